The van der Waals surface area contributed by atoms with Gasteiger partial charge in [0.05, 0.1) is 0 Å². The molecule has 0 unspecified atom stereocenters. The number of nitrogens with one attached hydrogen (secondary N) is 2. The van der Waals surface area contributed by atoms with Gasteiger partial charge < -0.3 is 5.32 Å². The van der Waals surface area contributed by atoms with E-state index in [-0.39, 0.29) is 5.91 Å². The molecule has 0 aromatic heterocycles. The summed E-state index contributed by atoms with van der Waals surface area (Å²) in [4.78, 5) is 12.3. The molecular formula is C19H24N2OS. The fourth-order valence-electron chi connectivity index (χ4n) is 5.31. The summed E-state index contributed by atoms with van der Waals surface area (Å²) in [5.74, 6) is 3.28. The predicted octanol–water partition coefficient (Wildman–Crippen LogP) is 3.42. The molecular weight excluding hydrogens is 304 g/mol. The first-order valence-corrected chi connectivity index (χ1v) is 9.18. The van der Waals surface area contributed by atoms with E-state index in [1.807, 2.05) is 31.2 Å². The first kappa shape index (κ1) is 15.1. The lowest BCUT2D eigenvalue weighted by Gasteiger charge is -2.54. The second kappa shape index (κ2) is 5.90. The standard InChI is InChI=1S/C19H24N2OS/c1-11-3-2-4-14(5-11)18(22)21-19(23)20-17-15-7-12-6-13(9-15)10-16(17)8-12/h2-5,12-13,15-17H,6-10H2,1H3,(H2,20,21,22,23). The van der Waals surface area contributed by atoms with Gasteiger partial charge in [-0.1, -0.05) is 17.7 Å². The summed E-state index contributed by atoms with van der Waals surface area (Å²) in [6, 6.07) is 8.07. The normalized spacial score (nSPS) is 34.2. The molecule has 4 saturated carbocycles. The van der Waals surface area contributed by atoms with Crippen molar-refractivity contribution in [1.29, 1.82) is 0 Å². The summed E-state index contributed by atoms with van der Waals surface area (Å²) >= 11 is 5.42. The van der Waals surface area contributed by atoms with Crippen LogP contribution in [0.5, 0.6) is 0 Å². The monoisotopic (exact) mass is 328 g/mol. The van der Waals surface area contributed by atoms with Crippen molar-refractivity contribution in [3.8, 4) is 0 Å². The van der Waals surface area contributed by atoms with Crippen LogP contribution in [-0.2, 0) is 0 Å². The molecule has 4 heteroatoms. The second-order valence-electron chi connectivity index (χ2n) is 7.75. The Morgan fingerprint density at radius 3 is 2.35 bits per heavy atom. The third-order valence-corrected chi connectivity index (χ3v) is 6.25. The maximum Gasteiger partial charge on any atom is 0.257 e. The number of hydrogen-bond acceptors (Lipinski definition) is 2. The number of carbonyl (C=O) groups is 1. The van der Waals surface area contributed by atoms with Gasteiger partial charge in [0.1, 0.15) is 0 Å². The van der Waals surface area contributed by atoms with Gasteiger partial charge in [-0.3, -0.25) is 10.1 Å². The molecule has 5 rings (SSSR count). The Morgan fingerprint density at radius 2 is 1.74 bits per heavy atom. The molecule has 1 amide bonds. The van der Waals surface area contributed by atoms with Gasteiger partial charge in [0, 0.05) is 11.6 Å². The highest BCUT2D eigenvalue weighted by molar-refractivity contribution is 7.80. The van der Waals surface area contributed by atoms with Crippen LogP contribution in [0.1, 0.15) is 48.0 Å². The summed E-state index contributed by atoms with van der Waals surface area (Å²) < 4.78 is 0. The number of thiocarbonyl (C=S) groups is 1. The van der Waals surface area contributed by atoms with Crippen LogP contribution in [0.4, 0.5) is 0 Å². The summed E-state index contributed by atoms with van der Waals surface area (Å²) in [5, 5.41) is 6.84. The zero-order chi connectivity index (χ0) is 16.0. The molecule has 4 aliphatic carbocycles. The molecule has 2 N–H and O–H groups in total. The molecule has 1 aromatic rings. The molecule has 1 aromatic carbocycles. The minimum Gasteiger partial charge on any atom is -0.359 e. The average Bonchev–Trinajstić information content (AvgIpc) is 2.50. The third-order valence-electron chi connectivity index (χ3n) is 6.03. The lowest BCUT2D eigenvalue weighted by atomic mass is 9.54. The Balaban J connectivity index is 1.38. The quantitative estimate of drug-likeness (QED) is 0.817. The second-order valence-corrected chi connectivity index (χ2v) is 8.16. The summed E-state index contributed by atoms with van der Waals surface area (Å²) in [6.07, 6.45) is 6.84. The molecule has 23 heavy (non-hydrogen) atoms. The van der Waals surface area contributed by atoms with Crippen LogP contribution in [0.3, 0.4) is 0 Å². The number of hydrogen-bond donors (Lipinski definition) is 2. The average molecular weight is 328 g/mol. The molecule has 0 heterocycles. The van der Waals surface area contributed by atoms with Crippen molar-refractivity contribution in [2.75, 3.05) is 0 Å². The van der Waals surface area contributed by atoms with E-state index >= 15 is 0 Å². The summed E-state index contributed by atoms with van der Waals surface area (Å²) in [6.45, 7) is 1.99. The number of aryl methyl sites for hydroxylation is 1. The zero-order valence-corrected chi connectivity index (χ0v) is 14.4. The first-order valence-electron chi connectivity index (χ1n) is 8.77. The molecule has 4 fully saturated rings. The van der Waals surface area contributed by atoms with E-state index in [0.717, 1.165) is 29.2 Å². The Labute approximate surface area is 143 Å². The molecule has 0 atom stereocenters. The Bertz CT molecular complexity index is 614. The van der Waals surface area contributed by atoms with Gasteiger partial charge in [0.2, 0.25) is 0 Å². The fraction of sp³-hybridized carbons (Fsp3) is 0.579. The van der Waals surface area contributed by atoms with Crippen molar-refractivity contribution in [2.45, 2.75) is 45.1 Å². The largest absolute Gasteiger partial charge is 0.359 e. The highest BCUT2D eigenvalue weighted by atomic mass is 32.1. The van der Waals surface area contributed by atoms with E-state index in [4.69, 9.17) is 12.2 Å². The van der Waals surface area contributed by atoms with Gasteiger partial charge in [0.25, 0.3) is 5.91 Å². The summed E-state index contributed by atoms with van der Waals surface area (Å²) in [7, 11) is 0. The number of rotatable bonds is 2. The van der Waals surface area contributed by atoms with E-state index in [1.165, 1.54) is 32.1 Å². The Kier molecular flexibility index (Phi) is 3.88. The van der Waals surface area contributed by atoms with Crippen molar-refractivity contribution < 1.29 is 4.79 Å². The maximum absolute atomic E-state index is 12.3. The molecule has 0 spiro atoms. The van der Waals surface area contributed by atoms with Crippen LogP contribution >= 0.6 is 12.2 Å². The van der Waals surface area contributed by atoms with Crippen LogP contribution < -0.4 is 10.6 Å². The van der Waals surface area contributed by atoms with E-state index in [9.17, 15) is 4.79 Å². The van der Waals surface area contributed by atoms with Gasteiger partial charge in [-0.2, -0.15) is 0 Å². The van der Waals surface area contributed by atoms with Gasteiger partial charge in [-0.25, -0.2) is 0 Å². The minimum absolute atomic E-state index is 0.116. The molecule has 4 aliphatic rings. The van der Waals surface area contributed by atoms with Gasteiger partial charge in [-0.05, 0) is 87.1 Å². The zero-order valence-electron chi connectivity index (χ0n) is 13.5. The third kappa shape index (κ3) is 3.01. The molecule has 0 aliphatic heterocycles. The fourth-order valence-corrected chi connectivity index (χ4v) is 5.54. The van der Waals surface area contributed by atoms with Crippen molar-refractivity contribution in [3.05, 3.63) is 35.4 Å². The lowest BCUT2D eigenvalue weighted by Crippen LogP contribution is -2.57. The SMILES string of the molecule is Cc1cccc(C(=O)NC(=S)NC2C3CC4CC(C3)CC2C4)c1. The number of benzene rings is 1. The molecule has 4 bridgehead atoms. The number of amides is 1. The van der Waals surface area contributed by atoms with Gasteiger partial charge in [0.15, 0.2) is 5.11 Å². The van der Waals surface area contributed by atoms with Crippen LogP contribution in [0.25, 0.3) is 0 Å². The molecule has 3 nitrogen and oxygen atoms in total. The van der Waals surface area contributed by atoms with Crippen molar-refractivity contribution >= 4 is 23.2 Å². The highest BCUT2D eigenvalue weighted by Crippen LogP contribution is 2.53. The maximum atomic E-state index is 12.3. The Morgan fingerprint density at radius 1 is 1.09 bits per heavy atom. The summed E-state index contributed by atoms with van der Waals surface area (Å²) in [5.41, 5.74) is 1.75. The van der Waals surface area contributed by atoms with E-state index in [0.29, 0.717) is 16.7 Å². The first-order chi connectivity index (χ1) is 11.1. The number of carbonyl (C=O) groups excluding carboxylic acids is 1. The smallest absolute Gasteiger partial charge is 0.257 e. The van der Waals surface area contributed by atoms with Gasteiger partial charge >= 0.3 is 0 Å². The molecule has 122 valence electrons. The van der Waals surface area contributed by atoms with Crippen molar-refractivity contribution in [3.63, 3.8) is 0 Å². The van der Waals surface area contributed by atoms with Crippen molar-refractivity contribution in [1.82, 2.24) is 10.6 Å². The minimum atomic E-state index is -0.116. The van der Waals surface area contributed by atoms with Crippen LogP contribution in [0.15, 0.2) is 24.3 Å². The highest BCUT2D eigenvalue weighted by Gasteiger charge is 2.48. The molecule has 0 radical (unpaired) electrons. The van der Waals surface area contributed by atoms with E-state index < -0.39 is 0 Å². The topological polar surface area (TPSA) is 41.1 Å². The lowest BCUT2D eigenvalue weighted by molar-refractivity contribution is -0.00692. The molecule has 0 saturated heterocycles. The van der Waals surface area contributed by atoms with E-state index in [1.54, 1.807) is 0 Å². The van der Waals surface area contributed by atoms with Crippen LogP contribution in [-0.4, -0.2) is 17.1 Å². The Hall–Kier alpha value is -1.42. The van der Waals surface area contributed by atoms with Gasteiger partial charge in [-0.15, -0.1) is 0 Å². The van der Waals surface area contributed by atoms with Crippen LogP contribution in [0, 0.1) is 30.6 Å². The predicted molar refractivity (Wildman–Crippen MR) is 95.2 cm³/mol. The van der Waals surface area contributed by atoms with Crippen LogP contribution in [0.2, 0.25) is 0 Å². The van der Waals surface area contributed by atoms with E-state index in [2.05, 4.69) is 10.6 Å². The van der Waals surface area contributed by atoms with Crippen molar-refractivity contribution in [2.24, 2.45) is 23.7 Å².